The Morgan fingerprint density at radius 1 is 1.58 bits per heavy atom. The van der Waals surface area contributed by atoms with Crippen molar-refractivity contribution in [2.45, 2.75) is 45.1 Å². The van der Waals surface area contributed by atoms with Gasteiger partial charge in [0.25, 0.3) is 5.56 Å². The van der Waals surface area contributed by atoms with Crippen LogP contribution in [0.4, 0.5) is 0 Å². The summed E-state index contributed by atoms with van der Waals surface area (Å²) in [5.41, 5.74) is -0.834. The van der Waals surface area contributed by atoms with Crippen LogP contribution in [0.3, 0.4) is 0 Å². The fourth-order valence-electron chi connectivity index (χ4n) is 2.66. The normalized spacial score (nSPS) is 26.9. The molecule has 2 rings (SSSR count). The van der Waals surface area contributed by atoms with E-state index < -0.39 is 5.60 Å². The molecule has 1 aliphatic carbocycles. The van der Waals surface area contributed by atoms with Crippen LogP contribution < -0.4 is 5.56 Å². The molecular formula is C14H19N3O2. The molecule has 1 N–H and O–H groups in total. The molecule has 0 spiro atoms. The van der Waals surface area contributed by atoms with Crippen LogP contribution in [-0.4, -0.2) is 16.6 Å². The smallest absolute Gasteiger partial charge is 0.268 e. The number of hydrogen-bond donors (Lipinski definition) is 1. The van der Waals surface area contributed by atoms with Crippen LogP contribution in [-0.2, 0) is 10.3 Å². The van der Waals surface area contributed by atoms with Gasteiger partial charge in [0.2, 0.25) is 0 Å². The average molecular weight is 261 g/mol. The maximum atomic E-state index is 11.8. The number of H-pyrrole nitrogens is 1. The predicted octanol–water partition coefficient (Wildman–Crippen LogP) is 2.08. The summed E-state index contributed by atoms with van der Waals surface area (Å²) in [6, 6.07) is 1.83. The Morgan fingerprint density at radius 2 is 2.26 bits per heavy atom. The molecule has 5 heteroatoms. The van der Waals surface area contributed by atoms with E-state index in [1.54, 1.807) is 0 Å². The molecule has 1 aromatic heterocycles. The summed E-state index contributed by atoms with van der Waals surface area (Å²) in [5.74, 6) is 1.24. The van der Waals surface area contributed by atoms with Gasteiger partial charge in [-0.1, -0.05) is 6.92 Å². The van der Waals surface area contributed by atoms with Crippen LogP contribution >= 0.6 is 0 Å². The van der Waals surface area contributed by atoms with E-state index in [1.165, 1.54) is 6.20 Å². The Labute approximate surface area is 112 Å². The van der Waals surface area contributed by atoms with E-state index in [1.807, 2.05) is 13.0 Å². The third-order valence-electron chi connectivity index (χ3n) is 3.85. The van der Waals surface area contributed by atoms with Crippen LogP contribution in [0.25, 0.3) is 0 Å². The number of aromatic nitrogens is 2. The second-order valence-corrected chi connectivity index (χ2v) is 5.20. The minimum Gasteiger partial charge on any atom is -0.367 e. The first-order chi connectivity index (χ1) is 9.11. The second-order valence-electron chi connectivity index (χ2n) is 5.20. The highest BCUT2D eigenvalue weighted by atomic mass is 16.5. The zero-order valence-corrected chi connectivity index (χ0v) is 11.4. The van der Waals surface area contributed by atoms with Crippen molar-refractivity contribution in [2.75, 3.05) is 6.61 Å². The molecule has 0 atom stereocenters. The van der Waals surface area contributed by atoms with E-state index in [4.69, 9.17) is 10.00 Å². The SMILES string of the molecule is CCOC1(c2ncc(C#N)c(=O)[nH]2)CCC(C)CC1. The van der Waals surface area contributed by atoms with E-state index in [9.17, 15) is 4.79 Å². The van der Waals surface area contributed by atoms with Crippen molar-refractivity contribution in [1.29, 1.82) is 5.26 Å². The molecule has 0 aliphatic heterocycles. The molecule has 1 aliphatic rings. The van der Waals surface area contributed by atoms with Crippen molar-refractivity contribution in [3.63, 3.8) is 0 Å². The predicted molar refractivity (Wildman–Crippen MR) is 70.5 cm³/mol. The third kappa shape index (κ3) is 2.69. The summed E-state index contributed by atoms with van der Waals surface area (Å²) in [6.07, 6.45) is 5.17. The Kier molecular flexibility index (Phi) is 4.01. The summed E-state index contributed by atoms with van der Waals surface area (Å²) in [6.45, 7) is 4.75. The van der Waals surface area contributed by atoms with Crippen molar-refractivity contribution in [3.8, 4) is 6.07 Å². The van der Waals surface area contributed by atoms with Crippen molar-refractivity contribution in [3.05, 3.63) is 27.9 Å². The van der Waals surface area contributed by atoms with E-state index in [-0.39, 0.29) is 11.1 Å². The molecule has 1 heterocycles. The Morgan fingerprint density at radius 3 is 2.79 bits per heavy atom. The summed E-state index contributed by atoms with van der Waals surface area (Å²) in [4.78, 5) is 18.7. The largest absolute Gasteiger partial charge is 0.367 e. The lowest BCUT2D eigenvalue weighted by Gasteiger charge is -2.38. The summed E-state index contributed by atoms with van der Waals surface area (Å²) in [5, 5.41) is 8.78. The minimum atomic E-state index is -0.492. The van der Waals surface area contributed by atoms with E-state index in [0.717, 1.165) is 25.7 Å². The fourth-order valence-corrected chi connectivity index (χ4v) is 2.66. The molecule has 0 amide bonds. The zero-order valence-electron chi connectivity index (χ0n) is 11.4. The molecule has 0 saturated heterocycles. The molecule has 0 unspecified atom stereocenters. The number of nitriles is 1. The first-order valence-electron chi connectivity index (χ1n) is 6.75. The molecule has 0 radical (unpaired) electrons. The molecule has 1 aromatic rings. The van der Waals surface area contributed by atoms with Gasteiger partial charge in [-0.25, -0.2) is 4.98 Å². The Hall–Kier alpha value is -1.67. The van der Waals surface area contributed by atoms with Crippen LogP contribution in [0.5, 0.6) is 0 Å². The van der Waals surface area contributed by atoms with Gasteiger partial charge >= 0.3 is 0 Å². The van der Waals surface area contributed by atoms with Crippen molar-refractivity contribution in [1.82, 2.24) is 9.97 Å². The Balaban J connectivity index is 2.37. The molecule has 1 saturated carbocycles. The lowest BCUT2D eigenvalue weighted by atomic mass is 9.79. The van der Waals surface area contributed by atoms with Gasteiger partial charge in [0, 0.05) is 6.61 Å². The number of rotatable bonds is 3. The van der Waals surface area contributed by atoms with Crippen molar-refractivity contribution in [2.24, 2.45) is 5.92 Å². The zero-order chi connectivity index (χ0) is 13.9. The lowest BCUT2D eigenvalue weighted by molar-refractivity contribution is -0.0838. The van der Waals surface area contributed by atoms with Crippen LogP contribution in [0.2, 0.25) is 0 Å². The van der Waals surface area contributed by atoms with Gasteiger partial charge in [0.05, 0.1) is 6.20 Å². The van der Waals surface area contributed by atoms with Crippen LogP contribution in [0.1, 0.15) is 50.9 Å². The van der Waals surface area contributed by atoms with Gasteiger partial charge in [-0.3, -0.25) is 4.79 Å². The van der Waals surface area contributed by atoms with Crippen LogP contribution in [0, 0.1) is 17.2 Å². The summed E-state index contributed by atoms with van der Waals surface area (Å²) in [7, 11) is 0. The number of nitrogens with one attached hydrogen (secondary N) is 1. The standard InChI is InChI=1S/C14H19N3O2/c1-3-19-14(6-4-10(2)5-7-14)13-16-9-11(8-15)12(18)17-13/h9-10H,3-7H2,1-2H3,(H,16,17,18). The lowest BCUT2D eigenvalue weighted by Crippen LogP contribution is -2.37. The van der Waals surface area contributed by atoms with E-state index >= 15 is 0 Å². The van der Waals surface area contributed by atoms with Gasteiger partial charge in [-0.15, -0.1) is 0 Å². The maximum Gasteiger partial charge on any atom is 0.268 e. The second kappa shape index (κ2) is 5.54. The molecule has 19 heavy (non-hydrogen) atoms. The van der Waals surface area contributed by atoms with Gasteiger partial charge in [0.1, 0.15) is 23.1 Å². The van der Waals surface area contributed by atoms with Gasteiger partial charge in [-0.2, -0.15) is 5.26 Å². The van der Waals surface area contributed by atoms with E-state index in [2.05, 4.69) is 16.9 Å². The van der Waals surface area contributed by atoms with Crippen LogP contribution in [0.15, 0.2) is 11.0 Å². The van der Waals surface area contributed by atoms with E-state index in [0.29, 0.717) is 18.3 Å². The summed E-state index contributed by atoms with van der Waals surface area (Å²) < 4.78 is 5.92. The Bertz CT molecular complexity index is 536. The van der Waals surface area contributed by atoms with Gasteiger partial charge < -0.3 is 9.72 Å². The third-order valence-corrected chi connectivity index (χ3v) is 3.85. The van der Waals surface area contributed by atoms with Crippen molar-refractivity contribution >= 4 is 0 Å². The van der Waals surface area contributed by atoms with Crippen molar-refractivity contribution < 1.29 is 4.74 Å². The highest BCUT2D eigenvalue weighted by Crippen LogP contribution is 2.40. The monoisotopic (exact) mass is 261 g/mol. The molecule has 1 fully saturated rings. The van der Waals surface area contributed by atoms with Gasteiger partial charge in [0.15, 0.2) is 0 Å². The number of aromatic amines is 1. The molecule has 5 nitrogen and oxygen atoms in total. The summed E-state index contributed by atoms with van der Waals surface area (Å²) >= 11 is 0. The maximum absolute atomic E-state index is 11.8. The number of nitrogens with zero attached hydrogens (tertiary/aromatic N) is 2. The topological polar surface area (TPSA) is 78.8 Å². The molecular weight excluding hydrogens is 242 g/mol. The van der Waals surface area contributed by atoms with Gasteiger partial charge in [-0.05, 0) is 38.5 Å². The number of hydrogen-bond acceptors (Lipinski definition) is 4. The average Bonchev–Trinajstić information content (AvgIpc) is 2.42. The quantitative estimate of drug-likeness (QED) is 0.903. The number of ether oxygens (including phenoxy) is 1. The minimum absolute atomic E-state index is 0.0413. The molecule has 102 valence electrons. The fraction of sp³-hybridized carbons (Fsp3) is 0.643. The highest BCUT2D eigenvalue weighted by Gasteiger charge is 2.38. The first kappa shape index (κ1) is 13.8. The molecule has 0 bridgehead atoms. The highest BCUT2D eigenvalue weighted by molar-refractivity contribution is 5.23. The molecule has 0 aromatic carbocycles. The first-order valence-corrected chi connectivity index (χ1v) is 6.75.